The average Bonchev–Trinajstić information content (AvgIpc) is 2.49. The van der Waals surface area contributed by atoms with Crippen LogP contribution in [0.4, 0.5) is 0 Å². The van der Waals surface area contributed by atoms with E-state index in [9.17, 15) is 4.79 Å². The number of benzene rings is 2. The monoisotopic (exact) mass is 297 g/mol. The van der Waals surface area contributed by atoms with E-state index < -0.39 is 0 Å². The molecule has 2 rings (SSSR count). The van der Waals surface area contributed by atoms with Gasteiger partial charge in [0, 0.05) is 11.1 Å². The van der Waals surface area contributed by atoms with Crippen LogP contribution in [0.15, 0.2) is 36.4 Å². The van der Waals surface area contributed by atoms with E-state index in [0.717, 1.165) is 22.4 Å². The van der Waals surface area contributed by atoms with Gasteiger partial charge in [-0.05, 0) is 57.0 Å². The van der Waals surface area contributed by atoms with Crippen molar-refractivity contribution in [3.63, 3.8) is 0 Å². The van der Waals surface area contributed by atoms with Crippen molar-refractivity contribution >= 4 is 5.91 Å². The molecule has 0 bridgehead atoms. The van der Waals surface area contributed by atoms with Gasteiger partial charge in [-0.15, -0.1) is 0 Å². The molecule has 0 spiro atoms. The van der Waals surface area contributed by atoms with Crippen LogP contribution in [-0.4, -0.2) is 13.0 Å². The van der Waals surface area contributed by atoms with E-state index >= 15 is 0 Å². The standard InChI is InChI=1S/C19H23NO2/c1-12-6-9-18(22-5)17(10-12)15(4)20-19(21)16-8-7-13(2)14(3)11-16/h6-11,15H,1-5H3,(H,20,21)/t15-/m1/s1. The van der Waals surface area contributed by atoms with Gasteiger partial charge in [-0.2, -0.15) is 0 Å². The molecule has 2 aromatic rings. The van der Waals surface area contributed by atoms with E-state index in [4.69, 9.17) is 4.74 Å². The summed E-state index contributed by atoms with van der Waals surface area (Å²) in [5, 5.41) is 3.04. The molecule has 3 heteroatoms. The van der Waals surface area contributed by atoms with Gasteiger partial charge in [0.25, 0.3) is 5.91 Å². The minimum absolute atomic E-state index is 0.0702. The van der Waals surface area contributed by atoms with Crippen LogP contribution >= 0.6 is 0 Å². The summed E-state index contributed by atoms with van der Waals surface area (Å²) < 4.78 is 5.39. The molecule has 0 saturated heterocycles. The lowest BCUT2D eigenvalue weighted by Crippen LogP contribution is -2.27. The molecule has 0 aliphatic rings. The lowest BCUT2D eigenvalue weighted by Gasteiger charge is -2.18. The van der Waals surface area contributed by atoms with Crippen LogP contribution in [-0.2, 0) is 0 Å². The van der Waals surface area contributed by atoms with Gasteiger partial charge in [-0.1, -0.05) is 23.8 Å². The Balaban J connectivity index is 2.21. The molecule has 0 fully saturated rings. The maximum Gasteiger partial charge on any atom is 0.251 e. The van der Waals surface area contributed by atoms with E-state index in [2.05, 4.69) is 5.32 Å². The number of amides is 1. The number of methoxy groups -OCH3 is 1. The predicted molar refractivity (Wildman–Crippen MR) is 89.5 cm³/mol. The zero-order valence-electron chi connectivity index (χ0n) is 13.9. The zero-order chi connectivity index (χ0) is 16.3. The second-order valence-corrected chi connectivity index (χ2v) is 5.74. The number of rotatable bonds is 4. The molecule has 22 heavy (non-hydrogen) atoms. The van der Waals surface area contributed by atoms with Crippen molar-refractivity contribution in [1.29, 1.82) is 0 Å². The maximum atomic E-state index is 12.4. The molecule has 0 aromatic heterocycles. The molecular formula is C19H23NO2. The highest BCUT2D eigenvalue weighted by Crippen LogP contribution is 2.26. The van der Waals surface area contributed by atoms with Crippen molar-refractivity contribution in [1.82, 2.24) is 5.32 Å². The summed E-state index contributed by atoms with van der Waals surface area (Å²) in [6.07, 6.45) is 0. The number of carbonyl (C=O) groups is 1. The zero-order valence-corrected chi connectivity index (χ0v) is 13.9. The molecule has 0 radical (unpaired) electrons. The van der Waals surface area contributed by atoms with Gasteiger partial charge in [0.05, 0.1) is 13.2 Å². The molecule has 0 heterocycles. The van der Waals surface area contributed by atoms with E-state index in [0.29, 0.717) is 5.56 Å². The van der Waals surface area contributed by atoms with Gasteiger partial charge in [-0.3, -0.25) is 4.79 Å². The Morgan fingerprint density at radius 3 is 2.41 bits per heavy atom. The highest BCUT2D eigenvalue weighted by Gasteiger charge is 2.15. The summed E-state index contributed by atoms with van der Waals surface area (Å²) >= 11 is 0. The Morgan fingerprint density at radius 2 is 1.77 bits per heavy atom. The first-order valence-corrected chi connectivity index (χ1v) is 7.45. The highest BCUT2D eigenvalue weighted by molar-refractivity contribution is 5.94. The lowest BCUT2D eigenvalue weighted by atomic mass is 10.0. The van der Waals surface area contributed by atoms with Gasteiger partial charge in [0.15, 0.2) is 0 Å². The van der Waals surface area contributed by atoms with Crippen LogP contribution in [0.2, 0.25) is 0 Å². The van der Waals surface area contributed by atoms with E-state index in [-0.39, 0.29) is 11.9 Å². The third-order valence-corrected chi connectivity index (χ3v) is 3.97. The first-order valence-electron chi connectivity index (χ1n) is 7.45. The normalized spacial score (nSPS) is 11.9. The number of ether oxygens (including phenoxy) is 1. The van der Waals surface area contributed by atoms with Crippen molar-refractivity contribution in [3.8, 4) is 5.75 Å². The summed E-state index contributed by atoms with van der Waals surface area (Å²) in [6, 6.07) is 11.6. The fourth-order valence-corrected chi connectivity index (χ4v) is 2.43. The molecule has 0 unspecified atom stereocenters. The molecule has 0 aliphatic heterocycles. The Bertz CT molecular complexity index is 692. The second kappa shape index (κ2) is 6.65. The van der Waals surface area contributed by atoms with Gasteiger partial charge in [0.2, 0.25) is 0 Å². The molecule has 3 nitrogen and oxygen atoms in total. The SMILES string of the molecule is COc1ccc(C)cc1[C@@H](C)NC(=O)c1ccc(C)c(C)c1. The second-order valence-electron chi connectivity index (χ2n) is 5.74. The molecule has 1 amide bonds. The van der Waals surface area contributed by atoms with Gasteiger partial charge in [0.1, 0.15) is 5.75 Å². The van der Waals surface area contributed by atoms with Crippen LogP contribution in [0.5, 0.6) is 5.75 Å². The first kappa shape index (κ1) is 16.1. The fraction of sp³-hybridized carbons (Fsp3) is 0.316. The number of aryl methyl sites for hydroxylation is 3. The Kier molecular flexibility index (Phi) is 4.86. The number of carbonyl (C=O) groups excluding carboxylic acids is 1. The van der Waals surface area contributed by atoms with Crippen molar-refractivity contribution < 1.29 is 9.53 Å². The van der Waals surface area contributed by atoms with Crippen LogP contribution < -0.4 is 10.1 Å². The van der Waals surface area contributed by atoms with Crippen molar-refractivity contribution in [2.75, 3.05) is 7.11 Å². The minimum Gasteiger partial charge on any atom is -0.496 e. The topological polar surface area (TPSA) is 38.3 Å². The quantitative estimate of drug-likeness (QED) is 0.922. The van der Waals surface area contributed by atoms with E-state index in [1.807, 2.05) is 64.1 Å². The molecule has 1 atom stereocenters. The molecule has 1 N–H and O–H groups in total. The van der Waals surface area contributed by atoms with Crippen LogP contribution in [0.1, 0.15) is 45.6 Å². The van der Waals surface area contributed by atoms with Crippen molar-refractivity contribution in [2.24, 2.45) is 0 Å². The molecule has 116 valence electrons. The van der Waals surface area contributed by atoms with Gasteiger partial charge in [-0.25, -0.2) is 0 Å². The van der Waals surface area contributed by atoms with Crippen LogP contribution in [0.25, 0.3) is 0 Å². The minimum atomic E-state index is -0.121. The Labute approximate surface area is 132 Å². The Morgan fingerprint density at radius 1 is 1.05 bits per heavy atom. The molecule has 0 saturated carbocycles. The Hall–Kier alpha value is -2.29. The molecular weight excluding hydrogens is 274 g/mol. The third kappa shape index (κ3) is 3.48. The van der Waals surface area contributed by atoms with E-state index in [1.54, 1.807) is 7.11 Å². The fourth-order valence-electron chi connectivity index (χ4n) is 2.43. The van der Waals surface area contributed by atoms with Crippen LogP contribution in [0.3, 0.4) is 0 Å². The number of hydrogen-bond acceptors (Lipinski definition) is 2. The first-order chi connectivity index (χ1) is 10.4. The largest absolute Gasteiger partial charge is 0.496 e. The van der Waals surface area contributed by atoms with E-state index in [1.165, 1.54) is 5.56 Å². The lowest BCUT2D eigenvalue weighted by molar-refractivity contribution is 0.0939. The summed E-state index contributed by atoms with van der Waals surface area (Å²) in [5.41, 5.74) is 5.11. The highest BCUT2D eigenvalue weighted by atomic mass is 16.5. The molecule has 0 aliphatic carbocycles. The van der Waals surface area contributed by atoms with Gasteiger partial charge >= 0.3 is 0 Å². The summed E-state index contributed by atoms with van der Waals surface area (Å²) in [4.78, 5) is 12.4. The summed E-state index contributed by atoms with van der Waals surface area (Å²) in [7, 11) is 1.64. The smallest absolute Gasteiger partial charge is 0.251 e. The summed E-state index contributed by atoms with van der Waals surface area (Å²) in [6.45, 7) is 8.05. The third-order valence-electron chi connectivity index (χ3n) is 3.97. The van der Waals surface area contributed by atoms with Crippen LogP contribution in [0, 0.1) is 20.8 Å². The molecule has 2 aromatic carbocycles. The van der Waals surface area contributed by atoms with Crippen molar-refractivity contribution in [3.05, 3.63) is 64.2 Å². The van der Waals surface area contributed by atoms with Gasteiger partial charge < -0.3 is 10.1 Å². The van der Waals surface area contributed by atoms with Crippen molar-refractivity contribution in [2.45, 2.75) is 33.7 Å². The summed E-state index contributed by atoms with van der Waals surface area (Å²) in [5.74, 6) is 0.720. The number of hydrogen-bond donors (Lipinski definition) is 1. The predicted octanol–water partition coefficient (Wildman–Crippen LogP) is 4.11. The maximum absolute atomic E-state index is 12.4. The average molecular weight is 297 g/mol. The number of nitrogens with one attached hydrogen (secondary N) is 1.